The maximum Gasteiger partial charge on any atom is 0.407 e. The van der Waals surface area contributed by atoms with Gasteiger partial charge in [0.05, 0.1) is 23.4 Å². The third-order valence-corrected chi connectivity index (χ3v) is 5.81. The second kappa shape index (κ2) is 11.4. The summed E-state index contributed by atoms with van der Waals surface area (Å²) in [5.74, 6) is -2.21. The van der Waals surface area contributed by atoms with Crippen molar-refractivity contribution in [3.05, 3.63) is 16.1 Å². The molecule has 3 N–H and O–H groups in total. The molecule has 3 amide bonds. The topological polar surface area (TPSA) is 126 Å². The van der Waals surface area contributed by atoms with Gasteiger partial charge in [-0.15, -0.1) is 11.3 Å². The highest BCUT2D eigenvalue weighted by molar-refractivity contribution is 7.09. The minimum Gasteiger partial charge on any atom is -0.449 e. The van der Waals surface area contributed by atoms with Gasteiger partial charge in [-0.3, -0.25) is 14.4 Å². The summed E-state index contributed by atoms with van der Waals surface area (Å²) in [7, 11) is 0. The fourth-order valence-electron chi connectivity index (χ4n) is 3.08. The Bertz CT molecular complexity index is 831. The lowest BCUT2D eigenvalue weighted by Crippen LogP contribution is -2.55. The number of hydrogen-bond acceptors (Lipinski definition) is 7. The number of ketones is 1. The number of nitrogens with zero attached hydrogens (tertiary/aromatic N) is 1. The summed E-state index contributed by atoms with van der Waals surface area (Å²) in [5, 5.41) is 10.7. The molecule has 32 heavy (non-hydrogen) atoms. The standard InChI is InChI=1S/C22H34N4O5S/c1-13(2)17(26-21(30)31-12-22(3,4)5)19(28)25-15-8-9-16-24-14(11-32-16)7-6-10-23-20(29)18(15)27/h11,13,15,17H,6-10,12H2,1-5H3,(H,23,29)(H,25,28)(H,26,30). The lowest BCUT2D eigenvalue weighted by molar-refractivity contribution is -0.140. The molecule has 0 saturated carbocycles. The number of rotatable bonds is 5. The number of amides is 3. The minimum atomic E-state index is -1.01. The minimum absolute atomic E-state index is 0.197. The maximum atomic E-state index is 13.0. The van der Waals surface area contributed by atoms with Gasteiger partial charge in [-0.2, -0.15) is 0 Å². The highest BCUT2D eigenvalue weighted by Crippen LogP contribution is 2.16. The van der Waals surface area contributed by atoms with Crippen LogP contribution in [-0.4, -0.2) is 53.9 Å². The van der Waals surface area contributed by atoms with Gasteiger partial charge in [-0.1, -0.05) is 34.6 Å². The molecule has 2 heterocycles. The van der Waals surface area contributed by atoms with E-state index in [1.165, 1.54) is 11.3 Å². The molecular formula is C22H34N4O5S. The fraction of sp³-hybridized carbons (Fsp3) is 0.682. The van der Waals surface area contributed by atoms with Gasteiger partial charge in [0.25, 0.3) is 5.91 Å². The molecule has 2 bridgehead atoms. The summed E-state index contributed by atoms with van der Waals surface area (Å²) in [4.78, 5) is 54.7. The summed E-state index contributed by atoms with van der Waals surface area (Å²) in [6.07, 6.45) is 1.41. The van der Waals surface area contributed by atoms with Crippen LogP contribution in [0.2, 0.25) is 0 Å². The first-order valence-corrected chi connectivity index (χ1v) is 11.8. The van der Waals surface area contributed by atoms with Crippen molar-refractivity contribution in [1.82, 2.24) is 20.9 Å². The molecule has 1 aromatic heterocycles. The van der Waals surface area contributed by atoms with Crippen molar-refractivity contribution in [1.29, 1.82) is 0 Å². The number of carbonyl (C=O) groups excluding carboxylic acids is 4. The highest BCUT2D eigenvalue weighted by atomic mass is 32.1. The number of ether oxygens (including phenoxy) is 1. The van der Waals surface area contributed by atoms with E-state index in [9.17, 15) is 19.2 Å². The van der Waals surface area contributed by atoms with Crippen molar-refractivity contribution in [2.45, 2.75) is 72.4 Å². The van der Waals surface area contributed by atoms with Gasteiger partial charge in [0.1, 0.15) is 6.04 Å². The molecule has 178 valence electrons. The number of alkyl carbamates (subject to hydrolysis) is 1. The van der Waals surface area contributed by atoms with Gasteiger partial charge < -0.3 is 20.7 Å². The van der Waals surface area contributed by atoms with Crippen LogP contribution in [0.5, 0.6) is 0 Å². The molecular weight excluding hydrogens is 432 g/mol. The lowest BCUT2D eigenvalue weighted by atomic mass is 9.99. The van der Waals surface area contributed by atoms with Gasteiger partial charge >= 0.3 is 6.09 Å². The van der Waals surface area contributed by atoms with Gasteiger partial charge in [0, 0.05) is 18.3 Å². The van der Waals surface area contributed by atoms with Crippen molar-refractivity contribution in [3.63, 3.8) is 0 Å². The molecule has 2 rings (SSSR count). The molecule has 2 unspecified atom stereocenters. The Labute approximate surface area is 193 Å². The normalized spacial score (nSPS) is 18.8. The average molecular weight is 467 g/mol. The maximum absolute atomic E-state index is 13.0. The third kappa shape index (κ3) is 8.22. The Morgan fingerprint density at radius 1 is 1.28 bits per heavy atom. The first-order valence-electron chi connectivity index (χ1n) is 11.0. The van der Waals surface area contributed by atoms with Crippen LogP contribution in [0.3, 0.4) is 0 Å². The van der Waals surface area contributed by atoms with Gasteiger partial charge in [-0.05, 0) is 30.6 Å². The van der Waals surface area contributed by atoms with Crippen molar-refractivity contribution in [3.8, 4) is 0 Å². The zero-order chi connectivity index (χ0) is 23.9. The second-order valence-electron chi connectivity index (χ2n) is 9.56. The molecule has 1 aliphatic heterocycles. The molecule has 10 heteroatoms. The Hall–Kier alpha value is -2.49. The van der Waals surface area contributed by atoms with Crippen LogP contribution in [0.25, 0.3) is 0 Å². The molecule has 0 saturated heterocycles. The molecule has 0 aromatic carbocycles. The molecule has 0 spiro atoms. The Morgan fingerprint density at radius 3 is 2.66 bits per heavy atom. The van der Waals surface area contributed by atoms with E-state index in [-0.39, 0.29) is 24.4 Å². The molecule has 0 aliphatic carbocycles. The van der Waals surface area contributed by atoms with E-state index in [4.69, 9.17) is 4.74 Å². The first-order chi connectivity index (χ1) is 15.0. The van der Waals surface area contributed by atoms with E-state index < -0.39 is 35.8 Å². The van der Waals surface area contributed by atoms with Crippen LogP contribution in [0, 0.1) is 11.3 Å². The van der Waals surface area contributed by atoms with Crippen LogP contribution in [0.4, 0.5) is 4.79 Å². The Kier molecular flexibility index (Phi) is 9.18. The summed E-state index contributed by atoms with van der Waals surface area (Å²) >= 11 is 1.51. The third-order valence-electron chi connectivity index (χ3n) is 4.86. The zero-order valence-electron chi connectivity index (χ0n) is 19.4. The summed E-state index contributed by atoms with van der Waals surface area (Å²) in [6, 6.07) is -1.92. The smallest absolute Gasteiger partial charge is 0.407 e. The van der Waals surface area contributed by atoms with E-state index in [1.54, 1.807) is 13.8 Å². The zero-order valence-corrected chi connectivity index (χ0v) is 20.3. The average Bonchev–Trinajstić information content (AvgIpc) is 3.16. The van der Waals surface area contributed by atoms with E-state index in [0.29, 0.717) is 19.4 Å². The number of thiazole rings is 1. The largest absolute Gasteiger partial charge is 0.449 e. The summed E-state index contributed by atoms with van der Waals surface area (Å²) in [6.45, 7) is 9.90. The van der Waals surface area contributed by atoms with Crippen LogP contribution >= 0.6 is 11.3 Å². The summed E-state index contributed by atoms with van der Waals surface area (Å²) in [5.41, 5.74) is 0.750. The molecule has 0 fully saturated rings. The first kappa shape index (κ1) is 25.8. The van der Waals surface area contributed by atoms with Crippen molar-refractivity contribution >= 4 is 35.0 Å². The van der Waals surface area contributed by atoms with E-state index >= 15 is 0 Å². The predicted molar refractivity (Wildman–Crippen MR) is 121 cm³/mol. The Morgan fingerprint density at radius 2 is 2.00 bits per heavy atom. The summed E-state index contributed by atoms with van der Waals surface area (Å²) < 4.78 is 5.21. The number of fused-ring (bicyclic) bond motifs is 2. The second-order valence-corrected chi connectivity index (χ2v) is 10.5. The predicted octanol–water partition coefficient (Wildman–Crippen LogP) is 1.99. The Balaban J connectivity index is 2.09. The van der Waals surface area contributed by atoms with Crippen LogP contribution in [-0.2, 0) is 32.0 Å². The molecule has 1 aliphatic rings. The molecule has 0 radical (unpaired) electrons. The van der Waals surface area contributed by atoms with Gasteiger partial charge in [-0.25, -0.2) is 9.78 Å². The highest BCUT2D eigenvalue weighted by Gasteiger charge is 2.32. The van der Waals surface area contributed by atoms with Crippen molar-refractivity contribution < 1.29 is 23.9 Å². The van der Waals surface area contributed by atoms with E-state index in [2.05, 4.69) is 20.9 Å². The van der Waals surface area contributed by atoms with Crippen molar-refractivity contribution in [2.24, 2.45) is 11.3 Å². The molecule has 2 atom stereocenters. The van der Waals surface area contributed by atoms with Gasteiger partial charge in [0.2, 0.25) is 11.7 Å². The quantitative estimate of drug-likeness (QED) is 0.570. The number of aryl methyl sites for hydroxylation is 2. The number of nitrogens with one attached hydrogen (secondary N) is 3. The number of carbonyl (C=O) groups is 4. The van der Waals surface area contributed by atoms with E-state index in [0.717, 1.165) is 17.1 Å². The van der Waals surface area contributed by atoms with E-state index in [1.807, 2.05) is 26.2 Å². The number of hydrogen-bond donors (Lipinski definition) is 3. The number of Topliss-reactive ketones (excluding diaryl/α,β-unsaturated/α-hetero) is 1. The molecule has 9 nitrogen and oxygen atoms in total. The fourth-order valence-corrected chi connectivity index (χ4v) is 3.93. The molecule has 1 aromatic rings. The lowest BCUT2D eigenvalue weighted by Gasteiger charge is -2.25. The van der Waals surface area contributed by atoms with Crippen LogP contribution < -0.4 is 16.0 Å². The van der Waals surface area contributed by atoms with Gasteiger partial charge in [0.15, 0.2) is 0 Å². The SMILES string of the molecule is CC(C)C(NC(=O)OCC(C)(C)C)C(=O)NC1CCc2nc(cs2)CCCNC(=O)C1=O. The van der Waals surface area contributed by atoms with Crippen LogP contribution in [0.1, 0.15) is 58.2 Å². The van der Waals surface area contributed by atoms with Crippen LogP contribution in [0.15, 0.2) is 5.38 Å². The van der Waals surface area contributed by atoms with Crippen molar-refractivity contribution in [2.75, 3.05) is 13.2 Å². The monoisotopic (exact) mass is 466 g/mol. The number of aromatic nitrogens is 1.